The predicted octanol–water partition coefficient (Wildman–Crippen LogP) is 2.95. The molecule has 0 atom stereocenters. The van der Waals surface area contributed by atoms with Crippen molar-refractivity contribution in [2.24, 2.45) is 0 Å². The zero-order valence-corrected chi connectivity index (χ0v) is 11.4. The predicted molar refractivity (Wildman–Crippen MR) is 70.5 cm³/mol. The molecule has 0 fully saturated rings. The van der Waals surface area contributed by atoms with E-state index in [2.05, 4.69) is 22.4 Å². The molecule has 0 unspecified atom stereocenters. The van der Waals surface area contributed by atoms with Gasteiger partial charge in [0.1, 0.15) is 5.82 Å². The summed E-state index contributed by atoms with van der Waals surface area (Å²) in [6.45, 7) is 3.54. The maximum absolute atomic E-state index is 12.9. The van der Waals surface area contributed by atoms with E-state index in [0.29, 0.717) is 29.7 Å². The summed E-state index contributed by atoms with van der Waals surface area (Å²) in [5.41, 5.74) is 0.775. The van der Waals surface area contributed by atoms with E-state index in [1.807, 2.05) is 0 Å². The summed E-state index contributed by atoms with van der Waals surface area (Å²) in [6, 6.07) is 4.27. The molecule has 0 aliphatic rings. The van der Waals surface area contributed by atoms with Crippen LogP contribution in [0, 0.1) is 5.82 Å². The summed E-state index contributed by atoms with van der Waals surface area (Å²) in [4.78, 5) is 4.25. The first kappa shape index (κ1) is 14.0. The van der Waals surface area contributed by atoms with Gasteiger partial charge in [0.25, 0.3) is 0 Å². The molecular formula is C13H15ClFN3O. The average Bonchev–Trinajstić information content (AvgIpc) is 2.81. The Morgan fingerprint density at radius 3 is 3.00 bits per heavy atom. The van der Waals surface area contributed by atoms with Crippen LogP contribution in [0.2, 0.25) is 5.02 Å². The Hall–Kier alpha value is -1.46. The molecule has 1 heterocycles. The van der Waals surface area contributed by atoms with Crippen molar-refractivity contribution in [3.05, 3.63) is 46.3 Å². The molecule has 0 spiro atoms. The molecule has 0 saturated carbocycles. The van der Waals surface area contributed by atoms with E-state index in [-0.39, 0.29) is 5.82 Å². The minimum absolute atomic E-state index is 0.355. The zero-order chi connectivity index (χ0) is 13.7. The van der Waals surface area contributed by atoms with Gasteiger partial charge in [0.05, 0.1) is 6.54 Å². The normalized spacial score (nSPS) is 10.9. The third kappa shape index (κ3) is 4.01. The zero-order valence-electron chi connectivity index (χ0n) is 10.6. The van der Waals surface area contributed by atoms with Gasteiger partial charge in [-0.25, -0.2) is 4.39 Å². The van der Waals surface area contributed by atoms with Gasteiger partial charge in [0.15, 0.2) is 5.82 Å². The number of rotatable bonds is 6. The van der Waals surface area contributed by atoms with Crippen LogP contribution < -0.4 is 5.32 Å². The number of nitrogens with zero attached hydrogens (tertiary/aromatic N) is 2. The van der Waals surface area contributed by atoms with Crippen molar-refractivity contribution < 1.29 is 8.91 Å². The highest BCUT2D eigenvalue weighted by atomic mass is 35.5. The lowest BCUT2D eigenvalue weighted by atomic mass is 10.1. The maximum Gasteiger partial charge on any atom is 0.240 e. The Balaban J connectivity index is 1.99. The lowest BCUT2D eigenvalue weighted by Gasteiger charge is -2.00. The quantitative estimate of drug-likeness (QED) is 0.828. The van der Waals surface area contributed by atoms with Crippen LogP contribution in [-0.2, 0) is 13.0 Å². The summed E-state index contributed by atoms with van der Waals surface area (Å²) in [5, 5.41) is 7.42. The number of halogens is 2. The van der Waals surface area contributed by atoms with Gasteiger partial charge in [0, 0.05) is 11.4 Å². The second kappa shape index (κ2) is 6.63. The molecular weight excluding hydrogens is 269 g/mol. The second-order valence-corrected chi connectivity index (χ2v) is 4.60. The van der Waals surface area contributed by atoms with Crippen molar-refractivity contribution in [2.45, 2.75) is 26.3 Å². The minimum Gasteiger partial charge on any atom is -0.338 e. The Labute approximate surface area is 116 Å². The van der Waals surface area contributed by atoms with Crippen LogP contribution in [0.15, 0.2) is 22.7 Å². The Kier molecular flexibility index (Phi) is 4.87. The Morgan fingerprint density at radius 1 is 1.42 bits per heavy atom. The van der Waals surface area contributed by atoms with Crippen LogP contribution >= 0.6 is 11.6 Å². The van der Waals surface area contributed by atoms with Gasteiger partial charge < -0.3 is 9.84 Å². The molecule has 6 heteroatoms. The van der Waals surface area contributed by atoms with Crippen LogP contribution in [0.25, 0.3) is 0 Å². The fourth-order valence-corrected chi connectivity index (χ4v) is 1.88. The molecule has 1 aromatic heterocycles. The number of nitrogens with one attached hydrogen (secondary N) is 1. The number of hydrogen-bond acceptors (Lipinski definition) is 4. The molecule has 1 N–H and O–H groups in total. The number of hydrogen-bond donors (Lipinski definition) is 1. The molecule has 2 rings (SSSR count). The summed E-state index contributed by atoms with van der Waals surface area (Å²) in [5.74, 6) is 0.731. The first-order valence-corrected chi connectivity index (χ1v) is 6.53. The fourth-order valence-electron chi connectivity index (χ4n) is 1.64. The van der Waals surface area contributed by atoms with E-state index in [0.717, 1.165) is 18.5 Å². The Morgan fingerprint density at radius 2 is 2.26 bits per heavy atom. The summed E-state index contributed by atoms with van der Waals surface area (Å²) >= 11 is 5.95. The molecule has 1 aromatic carbocycles. The monoisotopic (exact) mass is 283 g/mol. The molecule has 0 saturated heterocycles. The molecule has 102 valence electrons. The van der Waals surface area contributed by atoms with E-state index in [4.69, 9.17) is 16.1 Å². The summed E-state index contributed by atoms with van der Waals surface area (Å²) in [7, 11) is 0. The SMILES string of the molecule is CCCNCc1nc(Cc2ccc(F)cc2Cl)no1. The number of benzene rings is 1. The van der Waals surface area contributed by atoms with Gasteiger partial charge in [-0.1, -0.05) is 29.7 Å². The maximum atomic E-state index is 12.9. The minimum atomic E-state index is -0.355. The van der Waals surface area contributed by atoms with Crippen molar-refractivity contribution in [2.75, 3.05) is 6.54 Å². The van der Waals surface area contributed by atoms with E-state index in [9.17, 15) is 4.39 Å². The lowest BCUT2D eigenvalue weighted by Crippen LogP contribution is -2.13. The van der Waals surface area contributed by atoms with Crippen LogP contribution in [0.1, 0.15) is 30.6 Å². The summed E-state index contributed by atoms with van der Waals surface area (Å²) in [6.07, 6.45) is 1.47. The average molecular weight is 284 g/mol. The molecule has 0 radical (unpaired) electrons. The van der Waals surface area contributed by atoms with Crippen LogP contribution in [0.5, 0.6) is 0 Å². The highest BCUT2D eigenvalue weighted by Crippen LogP contribution is 2.19. The molecule has 0 amide bonds. The second-order valence-electron chi connectivity index (χ2n) is 4.19. The van der Waals surface area contributed by atoms with Crippen LogP contribution in [0.4, 0.5) is 4.39 Å². The van der Waals surface area contributed by atoms with Crippen molar-refractivity contribution in [3.63, 3.8) is 0 Å². The third-order valence-corrected chi connectivity index (χ3v) is 2.93. The van der Waals surface area contributed by atoms with E-state index in [1.165, 1.54) is 12.1 Å². The van der Waals surface area contributed by atoms with Crippen LogP contribution in [0.3, 0.4) is 0 Å². The van der Waals surface area contributed by atoms with E-state index in [1.54, 1.807) is 6.07 Å². The molecule has 0 bridgehead atoms. The van der Waals surface area contributed by atoms with Gasteiger partial charge in [-0.3, -0.25) is 0 Å². The lowest BCUT2D eigenvalue weighted by molar-refractivity contribution is 0.363. The standard InChI is InChI=1S/C13H15ClFN3O/c1-2-5-16-8-13-17-12(18-19-13)6-9-3-4-10(15)7-11(9)14/h3-4,7,16H,2,5-6,8H2,1H3. The first-order valence-electron chi connectivity index (χ1n) is 6.15. The van der Waals surface area contributed by atoms with Gasteiger partial charge in [-0.15, -0.1) is 0 Å². The van der Waals surface area contributed by atoms with Crippen molar-refractivity contribution in [1.82, 2.24) is 15.5 Å². The topological polar surface area (TPSA) is 51.0 Å². The first-order chi connectivity index (χ1) is 9.19. The van der Waals surface area contributed by atoms with Crippen molar-refractivity contribution >= 4 is 11.6 Å². The molecule has 0 aliphatic carbocycles. The van der Waals surface area contributed by atoms with E-state index >= 15 is 0 Å². The third-order valence-electron chi connectivity index (χ3n) is 2.58. The fraction of sp³-hybridized carbons (Fsp3) is 0.385. The van der Waals surface area contributed by atoms with Gasteiger partial charge >= 0.3 is 0 Å². The molecule has 2 aromatic rings. The van der Waals surface area contributed by atoms with Crippen LogP contribution in [-0.4, -0.2) is 16.7 Å². The number of aromatic nitrogens is 2. The van der Waals surface area contributed by atoms with Crippen molar-refractivity contribution in [1.29, 1.82) is 0 Å². The highest BCUT2D eigenvalue weighted by molar-refractivity contribution is 6.31. The van der Waals surface area contributed by atoms with Gasteiger partial charge in [0.2, 0.25) is 5.89 Å². The smallest absolute Gasteiger partial charge is 0.240 e. The summed E-state index contributed by atoms with van der Waals surface area (Å²) < 4.78 is 18.0. The van der Waals surface area contributed by atoms with Gasteiger partial charge in [-0.05, 0) is 30.7 Å². The highest BCUT2D eigenvalue weighted by Gasteiger charge is 2.09. The van der Waals surface area contributed by atoms with Gasteiger partial charge in [-0.2, -0.15) is 4.98 Å². The Bertz CT molecular complexity index is 544. The van der Waals surface area contributed by atoms with Crippen molar-refractivity contribution in [3.8, 4) is 0 Å². The molecule has 19 heavy (non-hydrogen) atoms. The molecule has 0 aliphatic heterocycles. The molecule has 4 nitrogen and oxygen atoms in total. The van der Waals surface area contributed by atoms with E-state index < -0.39 is 0 Å². The largest absolute Gasteiger partial charge is 0.338 e.